The van der Waals surface area contributed by atoms with Gasteiger partial charge in [0.1, 0.15) is 5.75 Å². The lowest BCUT2D eigenvalue weighted by Gasteiger charge is -2.05. The van der Waals surface area contributed by atoms with Crippen molar-refractivity contribution >= 4 is 17.4 Å². The lowest BCUT2D eigenvalue weighted by molar-refractivity contribution is -0.115. The van der Waals surface area contributed by atoms with Crippen LogP contribution in [0, 0.1) is 0 Å². The van der Waals surface area contributed by atoms with E-state index in [1.165, 1.54) is 0 Å². The zero-order valence-electron chi connectivity index (χ0n) is 11.0. The molecule has 100 valence electrons. The van der Waals surface area contributed by atoms with Crippen molar-refractivity contribution in [3.8, 4) is 5.75 Å². The van der Waals surface area contributed by atoms with Crippen LogP contribution >= 0.6 is 0 Å². The SMILES string of the molecule is COc1cccc(C(=O)c2ccc3c(c2)CC(=O)N3)c1. The Morgan fingerprint density at radius 1 is 1.15 bits per heavy atom. The normalized spacial score (nSPS) is 12.8. The topological polar surface area (TPSA) is 55.4 Å². The van der Waals surface area contributed by atoms with Crippen molar-refractivity contribution < 1.29 is 14.3 Å². The molecule has 2 aromatic rings. The third-order valence-electron chi connectivity index (χ3n) is 3.32. The summed E-state index contributed by atoms with van der Waals surface area (Å²) in [5.74, 6) is 0.533. The van der Waals surface area contributed by atoms with E-state index in [1.54, 1.807) is 49.6 Å². The summed E-state index contributed by atoms with van der Waals surface area (Å²) in [6, 6.07) is 12.3. The van der Waals surface area contributed by atoms with Crippen molar-refractivity contribution in [1.29, 1.82) is 0 Å². The van der Waals surface area contributed by atoms with Crippen LogP contribution in [0.25, 0.3) is 0 Å². The third kappa shape index (κ3) is 2.16. The number of carbonyl (C=O) groups is 2. The fraction of sp³-hybridized carbons (Fsp3) is 0.125. The summed E-state index contributed by atoms with van der Waals surface area (Å²) in [4.78, 5) is 23.8. The first-order valence-corrected chi connectivity index (χ1v) is 6.29. The van der Waals surface area contributed by atoms with Gasteiger partial charge < -0.3 is 10.1 Å². The van der Waals surface area contributed by atoms with E-state index in [1.807, 2.05) is 0 Å². The molecule has 0 radical (unpaired) electrons. The van der Waals surface area contributed by atoms with Gasteiger partial charge in [-0.2, -0.15) is 0 Å². The Kier molecular flexibility index (Phi) is 2.99. The fourth-order valence-corrected chi connectivity index (χ4v) is 2.30. The first-order valence-electron chi connectivity index (χ1n) is 6.29. The molecule has 0 aromatic heterocycles. The highest BCUT2D eigenvalue weighted by molar-refractivity contribution is 6.10. The zero-order chi connectivity index (χ0) is 14.1. The molecule has 0 saturated heterocycles. The first kappa shape index (κ1) is 12.4. The zero-order valence-corrected chi connectivity index (χ0v) is 11.0. The van der Waals surface area contributed by atoms with Crippen LogP contribution in [0.3, 0.4) is 0 Å². The molecule has 0 spiro atoms. The molecule has 0 unspecified atom stereocenters. The Labute approximate surface area is 116 Å². The van der Waals surface area contributed by atoms with Crippen LogP contribution < -0.4 is 10.1 Å². The van der Waals surface area contributed by atoms with Crippen LogP contribution in [0.5, 0.6) is 5.75 Å². The van der Waals surface area contributed by atoms with Gasteiger partial charge in [0, 0.05) is 16.8 Å². The molecule has 20 heavy (non-hydrogen) atoms. The van der Waals surface area contributed by atoms with Crippen molar-refractivity contribution in [2.45, 2.75) is 6.42 Å². The van der Waals surface area contributed by atoms with E-state index in [0.717, 1.165) is 11.3 Å². The van der Waals surface area contributed by atoms with Crippen molar-refractivity contribution in [2.24, 2.45) is 0 Å². The highest BCUT2D eigenvalue weighted by Gasteiger charge is 2.19. The molecule has 1 amide bonds. The Balaban J connectivity index is 1.95. The van der Waals surface area contributed by atoms with Crippen LogP contribution in [0.15, 0.2) is 42.5 Å². The number of hydrogen-bond acceptors (Lipinski definition) is 3. The van der Waals surface area contributed by atoms with Gasteiger partial charge in [-0.1, -0.05) is 12.1 Å². The van der Waals surface area contributed by atoms with Crippen molar-refractivity contribution in [3.63, 3.8) is 0 Å². The molecule has 1 aliphatic heterocycles. The Morgan fingerprint density at radius 3 is 2.75 bits per heavy atom. The average Bonchev–Trinajstić information content (AvgIpc) is 2.85. The number of methoxy groups -OCH3 is 1. The highest BCUT2D eigenvalue weighted by Crippen LogP contribution is 2.25. The molecule has 0 saturated carbocycles. The number of hydrogen-bond donors (Lipinski definition) is 1. The summed E-state index contributed by atoms with van der Waals surface area (Å²) in [7, 11) is 1.57. The van der Waals surface area contributed by atoms with E-state index in [9.17, 15) is 9.59 Å². The van der Waals surface area contributed by atoms with E-state index < -0.39 is 0 Å². The molecular weight excluding hydrogens is 254 g/mol. The van der Waals surface area contributed by atoms with Gasteiger partial charge in [0.2, 0.25) is 5.91 Å². The van der Waals surface area contributed by atoms with E-state index >= 15 is 0 Å². The van der Waals surface area contributed by atoms with E-state index in [-0.39, 0.29) is 11.7 Å². The molecule has 0 bridgehead atoms. The molecule has 4 nitrogen and oxygen atoms in total. The van der Waals surface area contributed by atoms with Gasteiger partial charge in [-0.3, -0.25) is 9.59 Å². The second kappa shape index (κ2) is 4.81. The van der Waals surface area contributed by atoms with Crippen molar-refractivity contribution in [1.82, 2.24) is 0 Å². The molecule has 1 N–H and O–H groups in total. The largest absolute Gasteiger partial charge is 0.497 e. The summed E-state index contributed by atoms with van der Waals surface area (Å²) in [6.07, 6.45) is 0.328. The molecule has 4 heteroatoms. The summed E-state index contributed by atoms with van der Waals surface area (Å²) >= 11 is 0. The first-order chi connectivity index (χ1) is 9.67. The van der Waals surface area contributed by atoms with Crippen LogP contribution in [0.4, 0.5) is 5.69 Å². The molecule has 0 aliphatic carbocycles. The number of amides is 1. The minimum absolute atomic E-state index is 0.0361. The van der Waals surface area contributed by atoms with Gasteiger partial charge in [0.05, 0.1) is 13.5 Å². The number of carbonyl (C=O) groups excluding carboxylic acids is 2. The lowest BCUT2D eigenvalue weighted by Crippen LogP contribution is -2.03. The smallest absolute Gasteiger partial charge is 0.228 e. The van der Waals surface area contributed by atoms with Crippen molar-refractivity contribution in [2.75, 3.05) is 12.4 Å². The quantitative estimate of drug-likeness (QED) is 0.869. The number of ketones is 1. The maximum atomic E-state index is 12.4. The van der Waals surface area contributed by atoms with Gasteiger partial charge in [-0.15, -0.1) is 0 Å². The third-order valence-corrected chi connectivity index (χ3v) is 3.32. The Hall–Kier alpha value is -2.62. The van der Waals surface area contributed by atoms with Crippen LogP contribution in [0.1, 0.15) is 21.5 Å². The molecular formula is C16H13NO3. The minimum Gasteiger partial charge on any atom is -0.497 e. The number of rotatable bonds is 3. The lowest BCUT2D eigenvalue weighted by atomic mass is 10.00. The highest BCUT2D eigenvalue weighted by atomic mass is 16.5. The minimum atomic E-state index is -0.0777. The van der Waals surface area contributed by atoms with E-state index in [0.29, 0.717) is 23.3 Å². The summed E-state index contributed by atoms with van der Waals surface area (Å²) in [6.45, 7) is 0. The van der Waals surface area contributed by atoms with E-state index in [4.69, 9.17) is 4.74 Å². The molecule has 0 fully saturated rings. The molecule has 2 aromatic carbocycles. The van der Waals surface area contributed by atoms with Gasteiger partial charge in [0.15, 0.2) is 5.78 Å². The summed E-state index contributed by atoms with van der Waals surface area (Å²) in [5, 5.41) is 2.75. The predicted octanol–water partition coefficient (Wildman–Crippen LogP) is 2.42. The number of anilines is 1. The summed E-state index contributed by atoms with van der Waals surface area (Å²) < 4.78 is 5.12. The van der Waals surface area contributed by atoms with Crippen LogP contribution in [-0.2, 0) is 11.2 Å². The van der Waals surface area contributed by atoms with Gasteiger partial charge in [0.25, 0.3) is 0 Å². The fourth-order valence-electron chi connectivity index (χ4n) is 2.30. The predicted molar refractivity (Wildman–Crippen MR) is 75.2 cm³/mol. The number of ether oxygens (including phenoxy) is 1. The number of fused-ring (bicyclic) bond motifs is 1. The Morgan fingerprint density at radius 2 is 1.95 bits per heavy atom. The monoisotopic (exact) mass is 267 g/mol. The standard InChI is InChI=1S/C16H13NO3/c1-20-13-4-2-3-10(8-13)16(19)11-5-6-14-12(7-11)9-15(18)17-14/h2-8H,9H2,1H3,(H,17,18). The Bertz CT molecular complexity index is 707. The molecule has 3 rings (SSSR count). The van der Waals surface area contributed by atoms with Crippen molar-refractivity contribution in [3.05, 3.63) is 59.2 Å². The van der Waals surface area contributed by atoms with Gasteiger partial charge in [-0.25, -0.2) is 0 Å². The molecule has 1 aliphatic rings. The number of nitrogens with one attached hydrogen (secondary N) is 1. The molecule has 1 heterocycles. The second-order valence-electron chi connectivity index (χ2n) is 4.66. The van der Waals surface area contributed by atoms with Crippen LogP contribution in [0.2, 0.25) is 0 Å². The number of benzene rings is 2. The second-order valence-corrected chi connectivity index (χ2v) is 4.66. The average molecular weight is 267 g/mol. The van der Waals surface area contributed by atoms with Gasteiger partial charge >= 0.3 is 0 Å². The van der Waals surface area contributed by atoms with E-state index in [2.05, 4.69) is 5.32 Å². The maximum Gasteiger partial charge on any atom is 0.228 e. The van der Waals surface area contributed by atoms with Gasteiger partial charge in [-0.05, 0) is 35.9 Å². The molecule has 0 atom stereocenters. The maximum absolute atomic E-state index is 12.4. The van der Waals surface area contributed by atoms with Crippen LogP contribution in [-0.4, -0.2) is 18.8 Å². The summed E-state index contributed by atoms with van der Waals surface area (Å²) in [5.41, 5.74) is 2.80.